The first-order valence-corrected chi connectivity index (χ1v) is 7.65. The van der Waals surface area contributed by atoms with Crippen LogP contribution >= 0.6 is 0 Å². The van der Waals surface area contributed by atoms with Crippen LogP contribution in [0.4, 0.5) is 0 Å². The SMILES string of the molecule is CCC(C)N(C)CCNCCC1CCCCC1. The summed E-state index contributed by atoms with van der Waals surface area (Å²) in [6, 6.07) is 0.718. The van der Waals surface area contributed by atoms with Crippen molar-refractivity contribution in [3.8, 4) is 0 Å². The number of nitrogens with zero attached hydrogens (tertiary/aromatic N) is 1. The van der Waals surface area contributed by atoms with Crippen LogP contribution < -0.4 is 5.32 Å². The molecule has 102 valence electrons. The Balaban J connectivity index is 1.93. The van der Waals surface area contributed by atoms with Crippen LogP contribution in [0.1, 0.15) is 58.8 Å². The lowest BCUT2D eigenvalue weighted by Crippen LogP contribution is -2.35. The van der Waals surface area contributed by atoms with Crippen molar-refractivity contribution in [2.24, 2.45) is 5.92 Å². The summed E-state index contributed by atoms with van der Waals surface area (Å²) in [5.41, 5.74) is 0. The Labute approximate surface area is 108 Å². The van der Waals surface area contributed by atoms with Gasteiger partial charge in [0, 0.05) is 19.1 Å². The second-order valence-electron chi connectivity index (χ2n) is 5.78. The molecule has 1 aliphatic carbocycles. The van der Waals surface area contributed by atoms with Crippen LogP contribution in [0.2, 0.25) is 0 Å². The number of hydrogen-bond donors (Lipinski definition) is 1. The van der Waals surface area contributed by atoms with Crippen LogP contribution in [0.25, 0.3) is 0 Å². The van der Waals surface area contributed by atoms with Gasteiger partial charge in [-0.25, -0.2) is 0 Å². The predicted molar refractivity (Wildman–Crippen MR) is 76.4 cm³/mol. The maximum atomic E-state index is 3.60. The lowest BCUT2D eigenvalue weighted by atomic mass is 9.87. The lowest BCUT2D eigenvalue weighted by Gasteiger charge is -2.24. The molecule has 0 aliphatic heterocycles. The first-order chi connectivity index (χ1) is 8.24. The average molecular weight is 240 g/mol. The quantitative estimate of drug-likeness (QED) is 0.655. The summed E-state index contributed by atoms with van der Waals surface area (Å²) in [5.74, 6) is 1.02. The standard InChI is InChI=1S/C15H32N2/c1-4-14(2)17(3)13-12-16-11-10-15-8-6-5-7-9-15/h14-16H,4-13H2,1-3H3. The highest BCUT2D eigenvalue weighted by Gasteiger charge is 2.12. The van der Waals surface area contributed by atoms with Gasteiger partial charge in [0.15, 0.2) is 0 Å². The van der Waals surface area contributed by atoms with Crippen molar-refractivity contribution in [2.45, 2.75) is 64.8 Å². The number of hydrogen-bond acceptors (Lipinski definition) is 2. The molecule has 0 bridgehead atoms. The van der Waals surface area contributed by atoms with Crippen LogP contribution in [0.5, 0.6) is 0 Å². The van der Waals surface area contributed by atoms with Gasteiger partial charge in [-0.05, 0) is 39.3 Å². The van der Waals surface area contributed by atoms with Gasteiger partial charge >= 0.3 is 0 Å². The third-order valence-electron chi connectivity index (χ3n) is 4.44. The van der Waals surface area contributed by atoms with E-state index in [2.05, 4.69) is 31.1 Å². The fraction of sp³-hybridized carbons (Fsp3) is 1.00. The average Bonchev–Trinajstić information content (AvgIpc) is 2.38. The third kappa shape index (κ3) is 6.42. The van der Waals surface area contributed by atoms with Gasteiger partial charge in [-0.3, -0.25) is 0 Å². The largest absolute Gasteiger partial charge is 0.315 e. The van der Waals surface area contributed by atoms with Gasteiger partial charge in [-0.2, -0.15) is 0 Å². The Morgan fingerprint density at radius 3 is 2.53 bits per heavy atom. The molecule has 0 radical (unpaired) electrons. The fourth-order valence-corrected chi connectivity index (χ4v) is 2.69. The Morgan fingerprint density at radius 2 is 1.88 bits per heavy atom. The molecule has 2 nitrogen and oxygen atoms in total. The molecule has 1 aliphatic rings. The third-order valence-corrected chi connectivity index (χ3v) is 4.44. The summed E-state index contributed by atoms with van der Waals surface area (Å²) in [5, 5.41) is 3.60. The molecule has 0 saturated heterocycles. The van der Waals surface area contributed by atoms with E-state index in [9.17, 15) is 0 Å². The Hall–Kier alpha value is -0.0800. The minimum Gasteiger partial charge on any atom is -0.315 e. The lowest BCUT2D eigenvalue weighted by molar-refractivity contribution is 0.250. The van der Waals surface area contributed by atoms with E-state index in [1.165, 1.54) is 58.0 Å². The van der Waals surface area contributed by atoms with Crippen molar-refractivity contribution in [1.82, 2.24) is 10.2 Å². The highest BCUT2D eigenvalue weighted by Crippen LogP contribution is 2.25. The molecule has 1 unspecified atom stereocenters. The molecule has 0 amide bonds. The monoisotopic (exact) mass is 240 g/mol. The molecule has 0 spiro atoms. The first-order valence-electron chi connectivity index (χ1n) is 7.65. The zero-order chi connectivity index (χ0) is 12.5. The van der Waals surface area contributed by atoms with Crippen LogP contribution in [-0.4, -0.2) is 37.6 Å². The van der Waals surface area contributed by atoms with E-state index in [1.54, 1.807) is 0 Å². The molecule has 1 saturated carbocycles. The summed E-state index contributed by atoms with van der Waals surface area (Å²) in [6.07, 6.45) is 10.0. The molecule has 1 fully saturated rings. The molecule has 0 aromatic rings. The molecular weight excluding hydrogens is 208 g/mol. The van der Waals surface area contributed by atoms with Gasteiger partial charge in [-0.15, -0.1) is 0 Å². The summed E-state index contributed by atoms with van der Waals surface area (Å²) >= 11 is 0. The van der Waals surface area contributed by atoms with E-state index in [1.807, 2.05) is 0 Å². The highest BCUT2D eigenvalue weighted by molar-refractivity contribution is 4.67. The molecular formula is C15H32N2. The molecule has 2 heteroatoms. The molecule has 1 atom stereocenters. The van der Waals surface area contributed by atoms with Crippen molar-refractivity contribution in [1.29, 1.82) is 0 Å². The van der Waals surface area contributed by atoms with E-state index in [0.717, 1.165) is 18.5 Å². The molecule has 1 rings (SSSR count). The minimum atomic E-state index is 0.718. The first kappa shape index (κ1) is 15.0. The fourth-order valence-electron chi connectivity index (χ4n) is 2.69. The normalized spacial score (nSPS) is 19.8. The molecule has 0 heterocycles. The van der Waals surface area contributed by atoms with Crippen molar-refractivity contribution >= 4 is 0 Å². The number of likely N-dealkylation sites (N-methyl/N-ethyl adjacent to an activating group) is 1. The molecule has 0 aromatic carbocycles. The van der Waals surface area contributed by atoms with Gasteiger partial charge in [0.25, 0.3) is 0 Å². The van der Waals surface area contributed by atoms with Gasteiger partial charge in [0.1, 0.15) is 0 Å². The zero-order valence-corrected chi connectivity index (χ0v) is 12.2. The Morgan fingerprint density at radius 1 is 1.18 bits per heavy atom. The van der Waals surface area contributed by atoms with Gasteiger partial charge < -0.3 is 10.2 Å². The Bertz CT molecular complexity index is 172. The van der Waals surface area contributed by atoms with Crippen molar-refractivity contribution in [3.63, 3.8) is 0 Å². The second-order valence-corrected chi connectivity index (χ2v) is 5.78. The van der Waals surface area contributed by atoms with Crippen molar-refractivity contribution in [2.75, 3.05) is 26.7 Å². The minimum absolute atomic E-state index is 0.718. The van der Waals surface area contributed by atoms with E-state index < -0.39 is 0 Å². The zero-order valence-electron chi connectivity index (χ0n) is 12.2. The molecule has 1 N–H and O–H groups in total. The van der Waals surface area contributed by atoms with E-state index in [-0.39, 0.29) is 0 Å². The summed E-state index contributed by atoms with van der Waals surface area (Å²) in [7, 11) is 2.23. The summed E-state index contributed by atoms with van der Waals surface area (Å²) in [4.78, 5) is 2.45. The van der Waals surface area contributed by atoms with Gasteiger partial charge in [-0.1, -0.05) is 39.0 Å². The van der Waals surface area contributed by atoms with Crippen LogP contribution in [-0.2, 0) is 0 Å². The van der Waals surface area contributed by atoms with Gasteiger partial charge in [0.05, 0.1) is 0 Å². The molecule has 0 aromatic heterocycles. The van der Waals surface area contributed by atoms with E-state index in [4.69, 9.17) is 0 Å². The number of rotatable bonds is 8. The highest BCUT2D eigenvalue weighted by atomic mass is 15.1. The predicted octanol–water partition coefficient (Wildman–Crippen LogP) is 3.28. The van der Waals surface area contributed by atoms with Crippen LogP contribution in [0.3, 0.4) is 0 Å². The molecule has 17 heavy (non-hydrogen) atoms. The van der Waals surface area contributed by atoms with Crippen molar-refractivity contribution < 1.29 is 0 Å². The maximum Gasteiger partial charge on any atom is 0.0107 e. The number of nitrogens with one attached hydrogen (secondary N) is 1. The van der Waals surface area contributed by atoms with Crippen LogP contribution in [0.15, 0.2) is 0 Å². The van der Waals surface area contributed by atoms with E-state index in [0.29, 0.717) is 0 Å². The Kier molecular flexibility index (Phi) is 7.87. The second kappa shape index (κ2) is 8.93. The summed E-state index contributed by atoms with van der Waals surface area (Å²) in [6.45, 7) is 8.12. The van der Waals surface area contributed by atoms with Crippen molar-refractivity contribution in [3.05, 3.63) is 0 Å². The summed E-state index contributed by atoms with van der Waals surface area (Å²) < 4.78 is 0. The topological polar surface area (TPSA) is 15.3 Å². The van der Waals surface area contributed by atoms with Gasteiger partial charge in [0.2, 0.25) is 0 Å². The van der Waals surface area contributed by atoms with Crippen LogP contribution in [0, 0.1) is 5.92 Å². The maximum absolute atomic E-state index is 3.60. The smallest absolute Gasteiger partial charge is 0.0107 e. The van der Waals surface area contributed by atoms with E-state index >= 15 is 0 Å².